The number of amides is 1. The molecule has 3 nitrogen and oxygen atoms in total. The summed E-state index contributed by atoms with van der Waals surface area (Å²) in [5, 5.41) is 0. The van der Waals surface area contributed by atoms with Gasteiger partial charge in [0.25, 0.3) is 5.91 Å². The quantitative estimate of drug-likeness (QED) is 0.730. The minimum Gasteiger partial charge on any atom is -0.371 e. The van der Waals surface area contributed by atoms with Crippen LogP contribution in [0.4, 0.5) is 0 Å². The Bertz CT molecular complexity index is 669. The molecule has 0 saturated heterocycles. The first kappa shape index (κ1) is 15.5. The number of carbonyl (C=O) groups is 1. The van der Waals surface area contributed by atoms with Crippen molar-refractivity contribution in [2.24, 2.45) is 0 Å². The maximum Gasteiger partial charge on any atom is 0.253 e. The smallest absolute Gasteiger partial charge is 0.253 e. The predicted octanol–water partition coefficient (Wildman–Crippen LogP) is 3.50. The lowest BCUT2D eigenvalue weighted by molar-refractivity contribution is 0.00985. The Morgan fingerprint density at radius 3 is 2.59 bits per heavy atom. The van der Waals surface area contributed by atoms with Crippen molar-refractivity contribution < 1.29 is 9.53 Å². The third-order valence-corrected chi connectivity index (χ3v) is 4.68. The van der Waals surface area contributed by atoms with Gasteiger partial charge in [0.15, 0.2) is 0 Å². The van der Waals surface area contributed by atoms with Crippen LogP contribution < -0.4 is 0 Å². The third-order valence-electron chi connectivity index (χ3n) is 3.96. The second-order valence-corrected chi connectivity index (χ2v) is 6.84. The Kier molecular flexibility index (Phi) is 4.78. The van der Waals surface area contributed by atoms with E-state index in [2.05, 4.69) is 40.8 Å². The van der Waals surface area contributed by atoms with Gasteiger partial charge in [-0.2, -0.15) is 0 Å². The molecule has 1 atom stereocenters. The van der Waals surface area contributed by atoms with Crippen molar-refractivity contribution in [3.05, 3.63) is 68.8 Å². The molecule has 0 radical (unpaired) electrons. The first-order valence-corrected chi connectivity index (χ1v) is 8.41. The zero-order valence-corrected chi connectivity index (χ0v) is 14.6. The SMILES string of the molecule is CN(CC1Cc2ccccc2CO1)C(=O)c1ccc(I)cc1. The van der Waals surface area contributed by atoms with Crippen molar-refractivity contribution in [1.29, 1.82) is 0 Å². The summed E-state index contributed by atoms with van der Waals surface area (Å²) < 4.78 is 7.01. The van der Waals surface area contributed by atoms with Crippen molar-refractivity contribution in [3.8, 4) is 0 Å². The largest absolute Gasteiger partial charge is 0.371 e. The van der Waals surface area contributed by atoms with Crippen LogP contribution in [0.1, 0.15) is 21.5 Å². The molecular formula is C18H18INO2. The third kappa shape index (κ3) is 3.50. The summed E-state index contributed by atoms with van der Waals surface area (Å²) in [5.41, 5.74) is 3.30. The Morgan fingerprint density at radius 2 is 1.86 bits per heavy atom. The molecular weight excluding hydrogens is 389 g/mol. The van der Waals surface area contributed by atoms with Crippen LogP contribution in [-0.2, 0) is 17.8 Å². The lowest BCUT2D eigenvalue weighted by atomic mass is 9.99. The molecule has 22 heavy (non-hydrogen) atoms. The molecule has 2 aromatic rings. The second-order valence-electron chi connectivity index (χ2n) is 5.60. The molecule has 0 aromatic heterocycles. The van der Waals surface area contributed by atoms with Crippen molar-refractivity contribution >= 4 is 28.5 Å². The number of hydrogen-bond donors (Lipinski definition) is 0. The number of benzene rings is 2. The first-order chi connectivity index (χ1) is 10.6. The number of likely N-dealkylation sites (N-methyl/N-ethyl adjacent to an activating group) is 1. The number of halogens is 1. The van der Waals surface area contributed by atoms with Crippen LogP contribution in [0.5, 0.6) is 0 Å². The molecule has 0 spiro atoms. The first-order valence-electron chi connectivity index (χ1n) is 7.33. The van der Waals surface area contributed by atoms with Crippen molar-refractivity contribution in [2.45, 2.75) is 19.1 Å². The minimum atomic E-state index is 0.0406. The second kappa shape index (κ2) is 6.79. The summed E-state index contributed by atoms with van der Waals surface area (Å²) in [6, 6.07) is 16.0. The Balaban J connectivity index is 1.64. The average Bonchev–Trinajstić information content (AvgIpc) is 2.55. The van der Waals surface area contributed by atoms with Gasteiger partial charge < -0.3 is 9.64 Å². The Labute approximate surface area is 144 Å². The number of ether oxygens (including phenoxy) is 1. The van der Waals surface area contributed by atoms with E-state index in [0.29, 0.717) is 13.2 Å². The van der Waals surface area contributed by atoms with Crippen molar-refractivity contribution in [3.63, 3.8) is 0 Å². The lowest BCUT2D eigenvalue weighted by Crippen LogP contribution is -2.38. The van der Waals surface area contributed by atoms with E-state index in [1.807, 2.05) is 37.4 Å². The fourth-order valence-corrected chi connectivity index (χ4v) is 3.09. The van der Waals surface area contributed by atoms with Crippen LogP contribution in [0.15, 0.2) is 48.5 Å². The number of hydrogen-bond acceptors (Lipinski definition) is 2. The molecule has 1 aliphatic heterocycles. The van der Waals surface area contributed by atoms with E-state index in [1.54, 1.807) is 4.90 Å². The predicted molar refractivity (Wildman–Crippen MR) is 94.8 cm³/mol. The van der Waals surface area contributed by atoms with Gasteiger partial charge in [-0.15, -0.1) is 0 Å². The maximum absolute atomic E-state index is 12.4. The van der Waals surface area contributed by atoms with E-state index in [-0.39, 0.29) is 12.0 Å². The molecule has 0 saturated carbocycles. The number of carbonyl (C=O) groups excluding carboxylic acids is 1. The monoisotopic (exact) mass is 407 g/mol. The van der Waals surface area contributed by atoms with Gasteiger partial charge in [-0.25, -0.2) is 0 Å². The van der Waals surface area contributed by atoms with Crippen LogP contribution in [0.2, 0.25) is 0 Å². The summed E-state index contributed by atoms with van der Waals surface area (Å²) in [6.07, 6.45) is 0.924. The van der Waals surface area contributed by atoms with Crippen LogP contribution in [-0.4, -0.2) is 30.5 Å². The van der Waals surface area contributed by atoms with E-state index >= 15 is 0 Å². The molecule has 114 valence electrons. The van der Waals surface area contributed by atoms with E-state index in [1.165, 1.54) is 11.1 Å². The number of rotatable bonds is 3. The Hall–Kier alpha value is -1.40. The van der Waals surface area contributed by atoms with Gasteiger partial charge in [-0.05, 0) is 58.0 Å². The van der Waals surface area contributed by atoms with Crippen molar-refractivity contribution in [1.82, 2.24) is 4.90 Å². The molecule has 0 bridgehead atoms. The van der Waals surface area contributed by atoms with Gasteiger partial charge in [0.05, 0.1) is 12.7 Å². The van der Waals surface area contributed by atoms with Crippen molar-refractivity contribution in [2.75, 3.05) is 13.6 Å². The van der Waals surface area contributed by atoms with Crippen LogP contribution in [0, 0.1) is 3.57 Å². The van der Waals surface area contributed by atoms with E-state index < -0.39 is 0 Å². The normalized spacial score (nSPS) is 16.9. The topological polar surface area (TPSA) is 29.5 Å². The molecule has 1 amide bonds. The average molecular weight is 407 g/mol. The molecule has 0 N–H and O–H groups in total. The summed E-state index contributed by atoms with van der Waals surface area (Å²) in [5.74, 6) is 0.0406. The standard InChI is InChI=1S/C18H18INO2/c1-20(18(21)13-6-8-16(19)9-7-13)11-17-10-14-4-2-3-5-15(14)12-22-17/h2-9,17H,10-12H2,1H3. The van der Waals surface area contributed by atoms with Gasteiger partial charge in [0, 0.05) is 29.1 Å². The molecule has 0 fully saturated rings. The van der Waals surface area contributed by atoms with Gasteiger partial charge in [0.2, 0.25) is 0 Å². The molecule has 1 aliphatic rings. The highest BCUT2D eigenvalue weighted by Crippen LogP contribution is 2.21. The zero-order valence-electron chi connectivity index (χ0n) is 12.5. The summed E-state index contributed by atoms with van der Waals surface area (Å²) >= 11 is 2.24. The van der Waals surface area contributed by atoms with E-state index in [9.17, 15) is 4.79 Å². The molecule has 0 aliphatic carbocycles. The van der Waals surface area contributed by atoms with Gasteiger partial charge >= 0.3 is 0 Å². The number of fused-ring (bicyclic) bond motifs is 1. The number of nitrogens with zero attached hydrogens (tertiary/aromatic N) is 1. The molecule has 4 heteroatoms. The highest BCUT2D eigenvalue weighted by atomic mass is 127. The van der Waals surface area contributed by atoms with Gasteiger partial charge in [0.1, 0.15) is 0 Å². The molecule has 1 heterocycles. The maximum atomic E-state index is 12.4. The van der Waals surface area contributed by atoms with Gasteiger partial charge in [-0.3, -0.25) is 4.79 Å². The highest BCUT2D eigenvalue weighted by Gasteiger charge is 2.22. The minimum absolute atomic E-state index is 0.0406. The Morgan fingerprint density at radius 1 is 1.18 bits per heavy atom. The van der Waals surface area contributed by atoms with E-state index in [0.717, 1.165) is 15.6 Å². The summed E-state index contributed by atoms with van der Waals surface area (Å²) in [6.45, 7) is 1.24. The van der Waals surface area contributed by atoms with E-state index in [4.69, 9.17) is 4.74 Å². The fraction of sp³-hybridized carbons (Fsp3) is 0.278. The molecule has 3 rings (SSSR count). The van der Waals surface area contributed by atoms with Crippen LogP contribution >= 0.6 is 22.6 Å². The highest BCUT2D eigenvalue weighted by molar-refractivity contribution is 14.1. The molecule has 1 unspecified atom stereocenters. The van der Waals surface area contributed by atoms with Crippen LogP contribution in [0.3, 0.4) is 0 Å². The fourth-order valence-electron chi connectivity index (χ4n) is 2.73. The summed E-state index contributed by atoms with van der Waals surface area (Å²) in [4.78, 5) is 14.2. The van der Waals surface area contributed by atoms with Crippen LogP contribution in [0.25, 0.3) is 0 Å². The molecule has 2 aromatic carbocycles. The lowest BCUT2D eigenvalue weighted by Gasteiger charge is -2.29. The zero-order chi connectivity index (χ0) is 15.5. The summed E-state index contributed by atoms with van der Waals surface area (Å²) in [7, 11) is 1.84. The van der Waals surface area contributed by atoms with Gasteiger partial charge in [-0.1, -0.05) is 24.3 Å².